The van der Waals surface area contributed by atoms with Crippen LogP contribution in [0, 0.1) is 27.7 Å². The Labute approximate surface area is 185 Å². The molecular formula is C23H22ClN5O2. The molecule has 7 nitrogen and oxygen atoms in total. The summed E-state index contributed by atoms with van der Waals surface area (Å²) in [5, 5.41) is 11.6. The van der Waals surface area contributed by atoms with E-state index in [0.717, 1.165) is 22.4 Å². The first kappa shape index (κ1) is 20.8. The maximum absolute atomic E-state index is 12.8. The summed E-state index contributed by atoms with van der Waals surface area (Å²) in [6.07, 6.45) is 0. The van der Waals surface area contributed by atoms with Crippen LogP contribution in [0.2, 0.25) is 5.02 Å². The number of aryl methyl sites for hydroxylation is 3. The highest BCUT2D eigenvalue weighted by atomic mass is 35.5. The summed E-state index contributed by atoms with van der Waals surface area (Å²) in [6, 6.07) is 13.3. The summed E-state index contributed by atoms with van der Waals surface area (Å²) in [5.74, 6) is 0.929. The molecule has 0 aliphatic heterocycles. The quantitative estimate of drug-likeness (QED) is 0.470. The maximum Gasteiger partial charge on any atom is 0.278 e. The molecule has 0 fully saturated rings. The van der Waals surface area contributed by atoms with Crippen LogP contribution in [0.3, 0.4) is 0 Å². The predicted molar refractivity (Wildman–Crippen MR) is 119 cm³/mol. The molecule has 1 N–H and O–H groups in total. The highest BCUT2D eigenvalue weighted by Crippen LogP contribution is 2.25. The molecule has 1 amide bonds. The Hall–Kier alpha value is -3.45. The summed E-state index contributed by atoms with van der Waals surface area (Å²) >= 11 is 6.04. The lowest BCUT2D eigenvalue weighted by Gasteiger charge is -2.08. The molecule has 0 bridgehead atoms. The Bertz CT molecular complexity index is 1270. The number of halogens is 1. The monoisotopic (exact) mass is 435 g/mol. The summed E-state index contributed by atoms with van der Waals surface area (Å²) in [5.41, 5.74) is 5.21. The van der Waals surface area contributed by atoms with Gasteiger partial charge in [0.1, 0.15) is 11.5 Å². The van der Waals surface area contributed by atoms with Crippen molar-refractivity contribution in [2.75, 3.05) is 5.32 Å². The zero-order chi connectivity index (χ0) is 22.1. The molecule has 0 aliphatic rings. The second-order valence-electron chi connectivity index (χ2n) is 7.43. The fourth-order valence-electron chi connectivity index (χ4n) is 3.28. The van der Waals surface area contributed by atoms with Gasteiger partial charge in [0, 0.05) is 16.3 Å². The Kier molecular flexibility index (Phi) is 5.61. The van der Waals surface area contributed by atoms with Gasteiger partial charge in [0.05, 0.1) is 12.2 Å². The molecule has 2 aromatic carbocycles. The zero-order valence-electron chi connectivity index (χ0n) is 17.7. The van der Waals surface area contributed by atoms with Crippen molar-refractivity contribution < 1.29 is 9.21 Å². The van der Waals surface area contributed by atoms with Gasteiger partial charge in [-0.3, -0.25) is 4.79 Å². The second-order valence-corrected chi connectivity index (χ2v) is 7.87. The van der Waals surface area contributed by atoms with Crippen LogP contribution in [-0.4, -0.2) is 25.9 Å². The number of nitrogens with one attached hydrogen (secondary N) is 1. The van der Waals surface area contributed by atoms with E-state index in [1.807, 2.05) is 51.1 Å². The molecule has 31 heavy (non-hydrogen) atoms. The summed E-state index contributed by atoms with van der Waals surface area (Å²) in [4.78, 5) is 17.4. The van der Waals surface area contributed by atoms with Crippen LogP contribution in [0.1, 0.15) is 38.8 Å². The third-order valence-electron chi connectivity index (χ3n) is 5.21. The molecule has 4 aromatic rings. The van der Waals surface area contributed by atoms with Gasteiger partial charge in [-0.15, -0.1) is 5.10 Å². The third kappa shape index (κ3) is 4.22. The number of carbonyl (C=O) groups is 1. The fraction of sp³-hybridized carbons (Fsp3) is 0.217. The normalized spacial score (nSPS) is 11.0. The number of oxazole rings is 1. The number of nitrogens with zero attached hydrogens (tertiary/aromatic N) is 4. The van der Waals surface area contributed by atoms with E-state index in [4.69, 9.17) is 16.0 Å². The Morgan fingerprint density at radius 1 is 1.10 bits per heavy atom. The molecule has 8 heteroatoms. The third-order valence-corrected chi connectivity index (χ3v) is 5.45. The van der Waals surface area contributed by atoms with Gasteiger partial charge in [-0.1, -0.05) is 41.1 Å². The molecule has 0 unspecified atom stereocenters. The van der Waals surface area contributed by atoms with Gasteiger partial charge in [0.2, 0.25) is 5.89 Å². The average Bonchev–Trinajstić information content (AvgIpc) is 3.28. The van der Waals surface area contributed by atoms with Crippen LogP contribution in [0.25, 0.3) is 11.5 Å². The first-order chi connectivity index (χ1) is 14.8. The predicted octanol–water partition coefficient (Wildman–Crippen LogP) is 5.12. The second kappa shape index (κ2) is 8.35. The molecular weight excluding hydrogens is 414 g/mol. The average molecular weight is 436 g/mol. The van der Waals surface area contributed by atoms with Gasteiger partial charge in [0.15, 0.2) is 5.69 Å². The standard InChI is InChI=1S/C23H22ClN5O2/c1-13-7-5-6-8-18(13)23-26-20(16(4)31-23)12-29-15(3)21(27-28-29)22(30)25-19-11-17(24)10-9-14(19)2/h5-11H,12H2,1-4H3,(H,25,30). The largest absolute Gasteiger partial charge is 0.441 e. The molecule has 0 spiro atoms. The number of rotatable bonds is 5. The highest BCUT2D eigenvalue weighted by molar-refractivity contribution is 6.31. The molecule has 0 radical (unpaired) electrons. The van der Waals surface area contributed by atoms with Gasteiger partial charge >= 0.3 is 0 Å². The lowest BCUT2D eigenvalue weighted by molar-refractivity contribution is 0.102. The topological polar surface area (TPSA) is 85.8 Å². The van der Waals surface area contributed by atoms with E-state index in [1.54, 1.807) is 23.7 Å². The van der Waals surface area contributed by atoms with Crippen LogP contribution in [0.4, 0.5) is 5.69 Å². The molecule has 4 rings (SSSR count). The first-order valence-corrected chi connectivity index (χ1v) is 10.2. The van der Waals surface area contributed by atoms with E-state index in [0.29, 0.717) is 34.6 Å². The van der Waals surface area contributed by atoms with Gasteiger partial charge in [-0.2, -0.15) is 0 Å². The van der Waals surface area contributed by atoms with Gasteiger partial charge in [-0.05, 0) is 57.0 Å². The Morgan fingerprint density at radius 3 is 2.65 bits per heavy atom. The first-order valence-electron chi connectivity index (χ1n) is 9.83. The van der Waals surface area contributed by atoms with E-state index in [9.17, 15) is 4.79 Å². The number of aromatic nitrogens is 4. The summed E-state index contributed by atoms with van der Waals surface area (Å²) in [7, 11) is 0. The van der Waals surface area contributed by atoms with Crippen molar-refractivity contribution in [1.29, 1.82) is 0 Å². The van der Waals surface area contributed by atoms with E-state index >= 15 is 0 Å². The van der Waals surface area contributed by atoms with Crippen molar-refractivity contribution >= 4 is 23.2 Å². The van der Waals surface area contributed by atoms with Crippen LogP contribution in [0.5, 0.6) is 0 Å². The number of amides is 1. The molecule has 2 heterocycles. The number of hydrogen-bond acceptors (Lipinski definition) is 5. The molecule has 2 aromatic heterocycles. The lowest BCUT2D eigenvalue weighted by atomic mass is 10.1. The highest BCUT2D eigenvalue weighted by Gasteiger charge is 2.20. The van der Waals surface area contributed by atoms with Gasteiger partial charge in [-0.25, -0.2) is 9.67 Å². The maximum atomic E-state index is 12.8. The number of benzene rings is 2. The van der Waals surface area contributed by atoms with Crippen molar-refractivity contribution in [3.05, 3.63) is 81.5 Å². The molecule has 158 valence electrons. The number of anilines is 1. The van der Waals surface area contributed by atoms with Crippen LogP contribution < -0.4 is 5.32 Å². The molecule has 0 atom stereocenters. The smallest absolute Gasteiger partial charge is 0.278 e. The molecule has 0 aliphatic carbocycles. The minimum Gasteiger partial charge on any atom is -0.441 e. The van der Waals surface area contributed by atoms with E-state index in [-0.39, 0.29) is 11.6 Å². The molecule has 0 saturated heterocycles. The van der Waals surface area contributed by atoms with Gasteiger partial charge in [0.25, 0.3) is 5.91 Å². The fourth-order valence-corrected chi connectivity index (χ4v) is 3.45. The van der Waals surface area contributed by atoms with Crippen LogP contribution >= 0.6 is 11.6 Å². The van der Waals surface area contributed by atoms with E-state index in [1.165, 1.54) is 0 Å². The summed E-state index contributed by atoms with van der Waals surface area (Å²) in [6.45, 7) is 7.94. The zero-order valence-corrected chi connectivity index (χ0v) is 18.5. The summed E-state index contributed by atoms with van der Waals surface area (Å²) < 4.78 is 7.53. The van der Waals surface area contributed by atoms with E-state index < -0.39 is 0 Å². The molecule has 0 saturated carbocycles. The van der Waals surface area contributed by atoms with Crippen molar-refractivity contribution in [2.45, 2.75) is 34.2 Å². The van der Waals surface area contributed by atoms with Crippen molar-refractivity contribution in [3.63, 3.8) is 0 Å². The van der Waals surface area contributed by atoms with Crippen LogP contribution in [-0.2, 0) is 6.54 Å². The Morgan fingerprint density at radius 2 is 1.87 bits per heavy atom. The number of hydrogen-bond donors (Lipinski definition) is 1. The van der Waals surface area contributed by atoms with Crippen molar-refractivity contribution in [3.8, 4) is 11.5 Å². The minimum absolute atomic E-state index is 0.250. The lowest BCUT2D eigenvalue weighted by Crippen LogP contribution is -2.15. The van der Waals surface area contributed by atoms with Gasteiger partial charge < -0.3 is 9.73 Å². The van der Waals surface area contributed by atoms with E-state index in [2.05, 4.69) is 20.6 Å². The van der Waals surface area contributed by atoms with Crippen LogP contribution in [0.15, 0.2) is 46.9 Å². The Balaban J connectivity index is 1.56. The minimum atomic E-state index is -0.341. The SMILES string of the molecule is Cc1ccc(Cl)cc1NC(=O)c1nnn(Cc2nc(-c3ccccc3C)oc2C)c1C. The van der Waals surface area contributed by atoms with Crippen molar-refractivity contribution in [2.24, 2.45) is 0 Å². The number of carbonyl (C=O) groups excluding carboxylic acids is 1. The van der Waals surface area contributed by atoms with Crippen molar-refractivity contribution in [1.82, 2.24) is 20.0 Å².